The van der Waals surface area contributed by atoms with Crippen molar-refractivity contribution in [2.75, 3.05) is 19.0 Å². The lowest BCUT2D eigenvalue weighted by Crippen LogP contribution is -2.07. The van der Waals surface area contributed by atoms with Crippen molar-refractivity contribution in [1.82, 2.24) is 15.0 Å². The van der Waals surface area contributed by atoms with Gasteiger partial charge in [-0.2, -0.15) is 9.97 Å². The Hall–Kier alpha value is -1.89. The van der Waals surface area contributed by atoms with Gasteiger partial charge < -0.3 is 14.8 Å². The highest BCUT2D eigenvalue weighted by Gasteiger charge is 2.10. The zero-order valence-corrected chi connectivity index (χ0v) is 13.8. The van der Waals surface area contributed by atoms with Crippen molar-refractivity contribution < 1.29 is 9.47 Å². The smallest absolute Gasteiger partial charge is 0.330 e. The van der Waals surface area contributed by atoms with Gasteiger partial charge in [0.2, 0.25) is 5.95 Å². The number of hydrogen-bond acceptors (Lipinski definition) is 6. The molecule has 0 bridgehead atoms. The fourth-order valence-electron chi connectivity index (χ4n) is 1.62. The van der Waals surface area contributed by atoms with Crippen molar-refractivity contribution in [1.29, 1.82) is 0 Å². The SMILES string of the molecule is CCCNc1nc(OC)nc(Oc2ccc(Br)cc2C)n1. The normalized spacial score (nSPS) is 10.3. The molecule has 0 saturated carbocycles. The molecule has 1 N–H and O–H groups in total. The van der Waals surface area contributed by atoms with E-state index >= 15 is 0 Å². The zero-order chi connectivity index (χ0) is 15.2. The molecule has 1 aromatic carbocycles. The lowest BCUT2D eigenvalue weighted by atomic mass is 10.2. The predicted octanol–water partition coefficient (Wildman–Crippen LogP) is 3.57. The maximum Gasteiger partial charge on any atom is 0.330 e. The minimum absolute atomic E-state index is 0.200. The largest absolute Gasteiger partial charge is 0.467 e. The van der Waals surface area contributed by atoms with Gasteiger partial charge in [0.1, 0.15) is 5.75 Å². The quantitative estimate of drug-likeness (QED) is 0.856. The predicted molar refractivity (Wildman–Crippen MR) is 84.1 cm³/mol. The first-order chi connectivity index (χ1) is 10.1. The number of halogens is 1. The van der Waals surface area contributed by atoms with Gasteiger partial charge in [-0.1, -0.05) is 22.9 Å². The summed E-state index contributed by atoms with van der Waals surface area (Å²) in [6.07, 6.45) is 0.968. The molecule has 0 saturated heterocycles. The molecule has 21 heavy (non-hydrogen) atoms. The summed E-state index contributed by atoms with van der Waals surface area (Å²) in [5.74, 6) is 1.13. The molecule has 0 amide bonds. The van der Waals surface area contributed by atoms with Gasteiger partial charge in [-0.3, -0.25) is 0 Å². The van der Waals surface area contributed by atoms with E-state index in [9.17, 15) is 0 Å². The van der Waals surface area contributed by atoms with E-state index in [1.807, 2.05) is 25.1 Å². The van der Waals surface area contributed by atoms with Crippen molar-refractivity contribution in [2.45, 2.75) is 20.3 Å². The number of nitrogens with one attached hydrogen (secondary N) is 1. The number of hydrogen-bond donors (Lipinski definition) is 1. The summed E-state index contributed by atoms with van der Waals surface area (Å²) in [6, 6.07) is 6.13. The maximum absolute atomic E-state index is 5.72. The fourth-order valence-corrected chi connectivity index (χ4v) is 2.09. The molecule has 7 heteroatoms. The Balaban J connectivity index is 2.25. The zero-order valence-electron chi connectivity index (χ0n) is 12.2. The summed E-state index contributed by atoms with van der Waals surface area (Å²) in [6.45, 7) is 4.78. The van der Waals surface area contributed by atoms with E-state index in [1.165, 1.54) is 7.11 Å². The number of aromatic nitrogens is 3. The monoisotopic (exact) mass is 352 g/mol. The van der Waals surface area contributed by atoms with Crippen LogP contribution in [0.3, 0.4) is 0 Å². The Morgan fingerprint density at radius 3 is 2.62 bits per heavy atom. The van der Waals surface area contributed by atoms with Gasteiger partial charge in [0.25, 0.3) is 0 Å². The van der Waals surface area contributed by atoms with Crippen molar-refractivity contribution in [3.05, 3.63) is 28.2 Å². The maximum atomic E-state index is 5.72. The second kappa shape index (κ2) is 7.21. The van der Waals surface area contributed by atoms with Crippen LogP contribution in [-0.2, 0) is 0 Å². The van der Waals surface area contributed by atoms with E-state index < -0.39 is 0 Å². The summed E-state index contributed by atoms with van der Waals surface area (Å²) < 4.78 is 11.8. The highest BCUT2D eigenvalue weighted by atomic mass is 79.9. The van der Waals surface area contributed by atoms with E-state index in [1.54, 1.807) is 0 Å². The van der Waals surface area contributed by atoms with Crippen molar-refractivity contribution in [3.63, 3.8) is 0 Å². The van der Waals surface area contributed by atoms with Gasteiger partial charge in [-0.25, -0.2) is 0 Å². The van der Waals surface area contributed by atoms with Gasteiger partial charge >= 0.3 is 12.0 Å². The summed E-state index contributed by atoms with van der Waals surface area (Å²) >= 11 is 3.42. The average molecular weight is 353 g/mol. The molecule has 112 valence electrons. The summed E-state index contributed by atoms with van der Waals surface area (Å²) in [5, 5.41) is 3.09. The Morgan fingerprint density at radius 1 is 1.19 bits per heavy atom. The van der Waals surface area contributed by atoms with Gasteiger partial charge in [0, 0.05) is 11.0 Å². The van der Waals surface area contributed by atoms with Crippen LogP contribution >= 0.6 is 15.9 Å². The second-order valence-electron chi connectivity index (χ2n) is 4.37. The molecule has 1 aromatic heterocycles. The molecule has 0 aliphatic rings. The van der Waals surface area contributed by atoms with Crippen LogP contribution in [0.5, 0.6) is 17.8 Å². The molecular weight excluding hydrogens is 336 g/mol. The number of nitrogens with zero attached hydrogens (tertiary/aromatic N) is 3. The number of benzene rings is 1. The molecule has 0 aliphatic heterocycles. The van der Waals surface area contributed by atoms with Crippen molar-refractivity contribution in [3.8, 4) is 17.8 Å². The first-order valence-corrected chi connectivity index (χ1v) is 7.39. The van der Waals surface area contributed by atoms with Crippen LogP contribution in [-0.4, -0.2) is 28.6 Å². The third-order valence-electron chi connectivity index (χ3n) is 2.65. The van der Waals surface area contributed by atoms with E-state index in [4.69, 9.17) is 9.47 Å². The first kappa shape index (κ1) is 15.5. The van der Waals surface area contributed by atoms with Crippen LogP contribution in [0.1, 0.15) is 18.9 Å². The highest BCUT2D eigenvalue weighted by Crippen LogP contribution is 2.26. The van der Waals surface area contributed by atoms with Crippen LogP contribution in [0.15, 0.2) is 22.7 Å². The number of methoxy groups -OCH3 is 1. The van der Waals surface area contributed by atoms with Crippen LogP contribution < -0.4 is 14.8 Å². The van der Waals surface area contributed by atoms with E-state index in [-0.39, 0.29) is 12.0 Å². The van der Waals surface area contributed by atoms with Crippen LogP contribution in [0.4, 0.5) is 5.95 Å². The van der Waals surface area contributed by atoms with Crippen LogP contribution in [0, 0.1) is 6.92 Å². The minimum atomic E-state index is 0.200. The molecule has 0 unspecified atom stereocenters. The van der Waals surface area contributed by atoms with Crippen molar-refractivity contribution in [2.24, 2.45) is 0 Å². The Labute approximate surface area is 132 Å². The van der Waals surface area contributed by atoms with Gasteiger partial charge in [0.05, 0.1) is 7.11 Å². The Bertz CT molecular complexity index is 622. The third-order valence-corrected chi connectivity index (χ3v) is 3.14. The van der Waals surface area contributed by atoms with E-state index in [0.29, 0.717) is 11.7 Å². The molecule has 0 atom stereocenters. The Kier molecular flexibility index (Phi) is 5.32. The minimum Gasteiger partial charge on any atom is -0.467 e. The fraction of sp³-hybridized carbons (Fsp3) is 0.357. The lowest BCUT2D eigenvalue weighted by Gasteiger charge is -2.10. The Morgan fingerprint density at radius 2 is 1.95 bits per heavy atom. The van der Waals surface area contributed by atoms with Gasteiger partial charge in [-0.15, -0.1) is 4.98 Å². The van der Waals surface area contributed by atoms with E-state index in [0.717, 1.165) is 23.0 Å². The third kappa shape index (κ3) is 4.29. The molecule has 0 aliphatic carbocycles. The summed E-state index contributed by atoms with van der Waals surface area (Å²) in [5.41, 5.74) is 0.979. The number of anilines is 1. The molecule has 2 aromatic rings. The standard InChI is InChI=1S/C14H17BrN4O2/c1-4-7-16-12-17-13(20-3)19-14(18-12)21-11-6-5-10(15)8-9(11)2/h5-6,8H,4,7H2,1-3H3,(H,16,17,18,19). The molecule has 0 radical (unpaired) electrons. The first-order valence-electron chi connectivity index (χ1n) is 6.60. The summed E-state index contributed by atoms with van der Waals surface area (Å²) in [7, 11) is 1.51. The molecule has 1 heterocycles. The van der Waals surface area contributed by atoms with E-state index in [2.05, 4.69) is 43.1 Å². The van der Waals surface area contributed by atoms with Gasteiger partial charge in [0.15, 0.2) is 0 Å². The molecule has 6 nitrogen and oxygen atoms in total. The average Bonchev–Trinajstić information content (AvgIpc) is 2.48. The highest BCUT2D eigenvalue weighted by molar-refractivity contribution is 9.10. The number of ether oxygens (including phenoxy) is 2. The number of rotatable bonds is 6. The van der Waals surface area contributed by atoms with Crippen molar-refractivity contribution >= 4 is 21.9 Å². The lowest BCUT2D eigenvalue weighted by molar-refractivity contribution is 0.359. The van der Waals surface area contributed by atoms with Crippen LogP contribution in [0.25, 0.3) is 0 Å². The molecule has 0 fully saturated rings. The topological polar surface area (TPSA) is 69.2 Å². The van der Waals surface area contributed by atoms with Gasteiger partial charge in [-0.05, 0) is 37.1 Å². The number of aryl methyl sites for hydroxylation is 1. The molecular formula is C14H17BrN4O2. The molecule has 2 rings (SSSR count). The van der Waals surface area contributed by atoms with Crippen LogP contribution in [0.2, 0.25) is 0 Å². The second-order valence-corrected chi connectivity index (χ2v) is 5.28. The summed E-state index contributed by atoms with van der Waals surface area (Å²) in [4.78, 5) is 12.5. The molecule has 0 spiro atoms.